The van der Waals surface area contributed by atoms with Crippen LogP contribution in [0.3, 0.4) is 0 Å². The highest BCUT2D eigenvalue weighted by molar-refractivity contribution is 6.30. The number of amides is 2. The average molecular weight is 564 g/mol. The second-order valence-electron chi connectivity index (χ2n) is 12.8. The van der Waals surface area contributed by atoms with E-state index in [2.05, 4.69) is 18.3 Å². The third-order valence-corrected chi connectivity index (χ3v) is 10.8. The number of benzene rings is 2. The van der Waals surface area contributed by atoms with Crippen molar-refractivity contribution in [1.82, 2.24) is 10.2 Å². The number of carbonyl (C=O) groups is 2. The second kappa shape index (κ2) is 12.2. The molecule has 216 valence electrons. The van der Waals surface area contributed by atoms with Gasteiger partial charge in [-0.05, 0) is 85.6 Å². The van der Waals surface area contributed by atoms with E-state index in [9.17, 15) is 9.59 Å². The molecule has 0 unspecified atom stereocenters. The van der Waals surface area contributed by atoms with Crippen LogP contribution in [-0.4, -0.2) is 35.8 Å². The molecule has 1 saturated carbocycles. The zero-order chi connectivity index (χ0) is 28.3. The van der Waals surface area contributed by atoms with Crippen LogP contribution in [0.4, 0.5) is 0 Å². The largest absolute Gasteiger partial charge is 0.344 e. The highest BCUT2D eigenvalue weighted by atomic mass is 35.5. The number of piperidine rings is 1. The number of nitrogens with two attached hydrogens (primary N) is 1. The lowest BCUT2D eigenvalue weighted by atomic mass is 9.62. The summed E-state index contributed by atoms with van der Waals surface area (Å²) >= 11 is 6.14. The van der Waals surface area contributed by atoms with E-state index in [1.165, 1.54) is 44.1 Å². The molecule has 2 aliphatic carbocycles. The molecule has 2 fully saturated rings. The van der Waals surface area contributed by atoms with E-state index in [0.29, 0.717) is 23.3 Å². The van der Waals surface area contributed by atoms with Crippen molar-refractivity contribution < 1.29 is 9.59 Å². The smallest absolute Gasteiger partial charge is 0.245 e. The second-order valence-corrected chi connectivity index (χ2v) is 13.2. The fourth-order valence-electron chi connectivity index (χ4n) is 7.94. The predicted octanol–water partition coefficient (Wildman–Crippen LogP) is 6.40. The summed E-state index contributed by atoms with van der Waals surface area (Å²) in [5.41, 5.74) is 9.61. The van der Waals surface area contributed by atoms with Crippen LogP contribution in [0.2, 0.25) is 5.02 Å². The molecule has 2 amide bonds. The minimum absolute atomic E-state index is 0.0200. The van der Waals surface area contributed by atoms with Gasteiger partial charge >= 0.3 is 0 Å². The lowest BCUT2D eigenvalue weighted by molar-refractivity contribution is -0.140. The molecule has 0 aromatic heterocycles. The van der Waals surface area contributed by atoms with Crippen LogP contribution in [0, 0.1) is 17.3 Å². The molecule has 2 aromatic carbocycles. The van der Waals surface area contributed by atoms with Crippen molar-refractivity contribution >= 4 is 23.4 Å². The van der Waals surface area contributed by atoms with Gasteiger partial charge in [0.15, 0.2) is 0 Å². The first kappa shape index (κ1) is 29.1. The van der Waals surface area contributed by atoms with Crippen LogP contribution in [0.25, 0.3) is 0 Å². The van der Waals surface area contributed by atoms with Gasteiger partial charge in [0.1, 0.15) is 6.04 Å². The first-order chi connectivity index (χ1) is 19.2. The maximum absolute atomic E-state index is 14.1. The summed E-state index contributed by atoms with van der Waals surface area (Å²) in [5.74, 6) is 0.272. The lowest BCUT2D eigenvalue weighted by Gasteiger charge is -2.48. The number of aryl methyl sites for hydroxylation is 1. The van der Waals surface area contributed by atoms with Crippen LogP contribution in [0.1, 0.15) is 88.3 Å². The first-order valence-corrected chi connectivity index (χ1v) is 15.8. The zero-order valence-electron chi connectivity index (χ0n) is 24.3. The van der Waals surface area contributed by atoms with E-state index < -0.39 is 17.5 Å². The summed E-state index contributed by atoms with van der Waals surface area (Å²) in [7, 11) is 0. The molecule has 2 aromatic rings. The number of carbonyl (C=O) groups excluding carboxylic acids is 2. The van der Waals surface area contributed by atoms with Crippen LogP contribution in [0.15, 0.2) is 48.5 Å². The lowest BCUT2D eigenvalue weighted by Crippen LogP contribution is -2.57. The highest BCUT2D eigenvalue weighted by Crippen LogP contribution is 2.48. The number of halogens is 1. The van der Waals surface area contributed by atoms with Crippen molar-refractivity contribution in [3.63, 3.8) is 0 Å². The summed E-state index contributed by atoms with van der Waals surface area (Å²) in [4.78, 5) is 29.9. The Balaban J connectivity index is 1.32. The molecule has 3 atom stereocenters. The highest BCUT2D eigenvalue weighted by Gasteiger charge is 2.44. The summed E-state index contributed by atoms with van der Waals surface area (Å²) in [6.07, 6.45) is 11.9. The van der Waals surface area contributed by atoms with Crippen LogP contribution in [-0.2, 0) is 28.0 Å². The molecule has 6 heteroatoms. The molecule has 40 heavy (non-hydrogen) atoms. The summed E-state index contributed by atoms with van der Waals surface area (Å²) in [5, 5.41) is 3.85. The Morgan fingerprint density at radius 3 is 2.38 bits per heavy atom. The van der Waals surface area contributed by atoms with Crippen molar-refractivity contribution in [3.05, 3.63) is 70.2 Å². The van der Waals surface area contributed by atoms with Gasteiger partial charge in [0.25, 0.3) is 0 Å². The zero-order valence-corrected chi connectivity index (χ0v) is 25.0. The minimum atomic E-state index is -0.793. The number of rotatable bonds is 7. The van der Waals surface area contributed by atoms with Gasteiger partial charge in [0, 0.05) is 24.5 Å². The molecule has 0 bridgehead atoms. The van der Waals surface area contributed by atoms with Gasteiger partial charge < -0.3 is 16.0 Å². The average Bonchev–Trinajstić information content (AvgIpc) is 2.98. The van der Waals surface area contributed by atoms with Gasteiger partial charge in [-0.2, -0.15) is 0 Å². The van der Waals surface area contributed by atoms with Gasteiger partial charge in [-0.3, -0.25) is 9.59 Å². The van der Waals surface area contributed by atoms with Gasteiger partial charge in [-0.25, -0.2) is 0 Å². The van der Waals surface area contributed by atoms with Crippen LogP contribution < -0.4 is 11.1 Å². The Hall–Kier alpha value is -2.37. The fraction of sp³-hybridized carbons (Fsp3) is 0.588. The number of hydrogen-bond acceptors (Lipinski definition) is 3. The third-order valence-electron chi connectivity index (χ3n) is 10.6. The maximum Gasteiger partial charge on any atom is 0.245 e. The number of fused-ring (bicyclic) bond motifs is 1. The topological polar surface area (TPSA) is 75.4 Å². The van der Waals surface area contributed by atoms with Crippen molar-refractivity contribution in [2.75, 3.05) is 13.1 Å². The van der Waals surface area contributed by atoms with Gasteiger partial charge in [-0.1, -0.05) is 80.6 Å². The predicted molar refractivity (Wildman–Crippen MR) is 162 cm³/mol. The Labute approximate surface area is 245 Å². The Morgan fingerprint density at radius 2 is 1.70 bits per heavy atom. The molecule has 3 aliphatic rings. The minimum Gasteiger partial charge on any atom is -0.344 e. The molecular weight excluding hydrogens is 518 g/mol. The normalized spacial score (nSPS) is 25.6. The number of nitrogens with zero attached hydrogens (tertiary/aromatic N) is 1. The quantitative estimate of drug-likeness (QED) is 0.409. The van der Waals surface area contributed by atoms with E-state index in [0.717, 1.165) is 49.4 Å². The number of likely N-dealkylation sites (tertiary alicyclic amines) is 1. The molecule has 1 heterocycles. The number of nitrogens with one attached hydrogen (secondary N) is 1. The molecule has 5 nitrogen and oxygen atoms in total. The van der Waals surface area contributed by atoms with Crippen molar-refractivity contribution in [3.8, 4) is 0 Å². The van der Waals surface area contributed by atoms with Gasteiger partial charge in [0.2, 0.25) is 11.8 Å². The fourth-order valence-corrected chi connectivity index (χ4v) is 8.07. The maximum atomic E-state index is 14.1. The molecule has 1 aliphatic heterocycles. The Morgan fingerprint density at radius 1 is 1.02 bits per heavy atom. The Bertz CT molecular complexity index is 1180. The molecule has 3 N–H and O–H groups in total. The van der Waals surface area contributed by atoms with E-state index >= 15 is 0 Å². The summed E-state index contributed by atoms with van der Waals surface area (Å²) < 4.78 is 0. The molecule has 0 radical (unpaired) electrons. The van der Waals surface area contributed by atoms with E-state index in [1.807, 2.05) is 54.3 Å². The SMILES string of the molecule is CCC1(C2CCCCC2)CCN(C(=O)[C@@H](Cc2ccc(Cl)cc2)NC(=O)[C@@H]2CCc3ccccc3[C@]2(C)N)CC1. The molecule has 0 spiro atoms. The van der Waals surface area contributed by atoms with Gasteiger partial charge in [0.05, 0.1) is 11.5 Å². The number of hydrogen-bond donors (Lipinski definition) is 2. The summed E-state index contributed by atoms with van der Waals surface area (Å²) in [6.45, 7) is 5.82. The Kier molecular flexibility index (Phi) is 8.92. The molecular formula is C34H46ClN3O2. The first-order valence-electron chi connectivity index (χ1n) is 15.4. The van der Waals surface area contributed by atoms with E-state index in [-0.39, 0.29) is 11.8 Å². The van der Waals surface area contributed by atoms with E-state index in [1.54, 1.807) is 0 Å². The molecule has 5 rings (SSSR count). The van der Waals surface area contributed by atoms with E-state index in [4.69, 9.17) is 17.3 Å². The molecule has 1 saturated heterocycles. The van der Waals surface area contributed by atoms with Crippen molar-refractivity contribution in [1.29, 1.82) is 0 Å². The standard InChI is InChI=1S/C34H46ClN3O2/c1-3-34(26-10-5-4-6-11-26)19-21-38(22-20-34)32(40)30(23-24-13-16-27(35)17-14-24)37-31(39)29-18-15-25-9-7-8-12-28(25)33(29,2)36/h7-9,12-14,16-17,26,29-30H,3-6,10-11,15,18-23,36H2,1-2H3,(H,37,39)/t29-,30+,33-/m0/s1. The van der Waals surface area contributed by atoms with Crippen LogP contribution >= 0.6 is 11.6 Å². The van der Waals surface area contributed by atoms with Crippen molar-refractivity contribution in [2.45, 2.75) is 96.1 Å². The monoisotopic (exact) mass is 563 g/mol. The van der Waals surface area contributed by atoms with Crippen molar-refractivity contribution in [2.24, 2.45) is 23.0 Å². The third kappa shape index (κ3) is 5.97. The van der Waals surface area contributed by atoms with Crippen LogP contribution in [0.5, 0.6) is 0 Å². The van der Waals surface area contributed by atoms with Gasteiger partial charge in [-0.15, -0.1) is 0 Å². The summed E-state index contributed by atoms with van der Waals surface area (Å²) in [6, 6.07) is 15.1.